The quantitative estimate of drug-likeness (QED) is 0.829. The van der Waals surface area contributed by atoms with Crippen molar-refractivity contribution in [2.75, 3.05) is 19.6 Å². The number of hydrogen-bond donors (Lipinski definition) is 0. The fourth-order valence-electron chi connectivity index (χ4n) is 3.74. The lowest BCUT2D eigenvalue weighted by Gasteiger charge is -2.43. The highest BCUT2D eigenvalue weighted by Gasteiger charge is 2.35. The standard InChI is InChI=1S/C17H24F2N2O/c1-2-14-11-20-9-3-4-15(20)12-21(14)10-13-5-7-16(8-6-13)22-17(18)19/h5-8,14-15,17H,2-4,9-12H2,1H3/t14-,15+/m1/s1. The van der Waals surface area contributed by atoms with Gasteiger partial charge in [-0.3, -0.25) is 9.80 Å². The van der Waals surface area contributed by atoms with Gasteiger partial charge in [0.25, 0.3) is 0 Å². The van der Waals surface area contributed by atoms with E-state index in [4.69, 9.17) is 0 Å². The Morgan fingerprint density at radius 3 is 2.68 bits per heavy atom. The molecule has 2 fully saturated rings. The van der Waals surface area contributed by atoms with E-state index >= 15 is 0 Å². The molecule has 0 saturated carbocycles. The summed E-state index contributed by atoms with van der Waals surface area (Å²) in [6.45, 7) is 3.90. The van der Waals surface area contributed by atoms with Crippen molar-refractivity contribution in [2.45, 2.75) is 51.4 Å². The minimum atomic E-state index is -2.76. The van der Waals surface area contributed by atoms with Crippen LogP contribution in [0.25, 0.3) is 0 Å². The molecular weight excluding hydrogens is 286 g/mol. The summed E-state index contributed by atoms with van der Waals surface area (Å²) in [5.74, 6) is 0.228. The van der Waals surface area contributed by atoms with Crippen LogP contribution in [0, 0.1) is 0 Å². The highest BCUT2D eigenvalue weighted by atomic mass is 19.3. The molecule has 0 bridgehead atoms. The van der Waals surface area contributed by atoms with Crippen LogP contribution >= 0.6 is 0 Å². The summed E-state index contributed by atoms with van der Waals surface area (Å²) in [5.41, 5.74) is 1.16. The Bertz CT molecular complexity index is 480. The maximum Gasteiger partial charge on any atom is 0.387 e. The number of benzene rings is 1. The molecule has 2 aliphatic rings. The van der Waals surface area contributed by atoms with Crippen molar-refractivity contribution in [3.8, 4) is 5.75 Å². The van der Waals surface area contributed by atoms with Gasteiger partial charge >= 0.3 is 6.61 Å². The van der Waals surface area contributed by atoms with E-state index in [0.717, 1.165) is 31.6 Å². The van der Waals surface area contributed by atoms with E-state index in [1.165, 1.54) is 19.4 Å². The molecular formula is C17H24F2N2O. The molecule has 0 amide bonds. The molecule has 2 atom stereocenters. The number of ether oxygens (including phenoxy) is 1. The van der Waals surface area contributed by atoms with Crippen molar-refractivity contribution in [1.82, 2.24) is 9.80 Å². The van der Waals surface area contributed by atoms with Gasteiger partial charge in [0, 0.05) is 31.7 Å². The summed E-state index contributed by atoms with van der Waals surface area (Å²) in [4.78, 5) is 5.18. The summed E-state index contributed by atoms with van der Waals surface area (Å²) in [7, 11) is 0. The lowest BCUT2D eigenvalue weighted by atomic mass is 10.0. The van der Waals surface area contributed by atoms with Gasteiger partial charge in [-0.25, -0.2) is 0 Å². The average molecular weight is 310 g/mol. The molecule has 1 aromatic carbocycles. The summed E-state index contributed by atoms with van der Waals surface area (Å²) in [5, 5.41) is 0. The average Bonchev–Trinajstić information content (AvgIpc) is 2.95. The topological polar surface area (TPSA) is 15.7 Å². The van der Waals surface area contributed by atoms with E-state index in [0.29, 0.717) is 12.1 Å². The monoisotopic (exact) mass is 310 g/mol. The van der Waals surface area contributed by atoms with Gasteiger partial charge in [-0.05, 0) is 43.5 Å². The fraction of sp³-hybridized carbons (Fsp3) is 0.647. The van der Waals surface area contributed by atoms with Gasteiger partial charge in [-0.1, -0.05) is 19.1 Å². The number of fused-ring (bicyclic) bond motifs is 1. The Balaban J connectivity index is 1.63. The van der Waals surface area contributed by atoms with Crippen LogP contribution < -0.4 is 4.74 Å². The Morgan fingerprint density at radius 2 is 2.00 bits per heavy atom. The molecule has 22 heavy (non-hydrogen) atoms. The summed E-state index contributed by atoms with van der Waals surface area (Å²) >= 11 is 0. The van der Waals surface area contributed by atoms with Crippen LogP contribution in [0.5, 0.6) is 5.75 Å². The highest BCUT2D eigenvalue weighted by Crippen LogP contribution is 2.27. The molecule has 0 aliphatic carbocycles. The second-order valence-electron chi connectivity index (χ2n) is 6.30. The third kappa shape index (κ3) is 3.58. The van der Waals surface area contributed by atoms with Gasteiger partial charge in [-0.15, -0.1) is 0 Å². The molecule has 0 spiro atoms. The maximum absolute atomic E-state index is 12.2. The van der Waals surface area contributed by atoms with Crippen LogP contribution in [0.1, 0.15) is 31.7 Å². The minimum absolute atomic E-state index is 0.228. The third-order valence-electron chi connectivity index (χ3n) is 4.91. The van der Waals surface area contributed by atoms with Gasteiger partial charge < -0.3 is 4.74 Å². The largest absolute Gasteiger partial charge is 0.435 e. The Morgan fingerprint density at radius 1 is 1.23 bits per heavy atom. The second-order valence-corrected chi connectivity index (χ2v) is 6.30. The molecule has 2 saturated heterocycles. The number of halogens is 2. The SMILES string of the molecule is CC[C@@H]1CN2CCC[C@H]2CN1Cc1ccc(OC(F)F)cc1. The van der Waals surface area contributed by atoms with E-state index in [2.05, 4.69) is 21.5 Å². The normalized spacial score (nSPS) is 26.4. The number of rotatable bonds is 5. The molecule has 0 radical (unpaired) electrons. The first-order valence-electron chi connectivity index (χ1n) is 8.17. The van der Waals surface area contributed by atoms with Gasteiger partial charge in [0.2, 0.25) is 0 Å². The van der Waals surface area contributed by atoms with Gasteiger partial charge in [-0.2, -0.15) is 8.78 Å². The smallest absolute Gasteiger partial charge is 0.387 e. The van der Waals surface area contributed by atoms with Gasteiger partial charge in [0.05, 0.1) is 0 Å². The van der Waals surface area contributed by atoms with Crippen molar-refractivity contribution < 1.29 is 13.5 Å². The molecule has 1 aromatic rings. The molecule has 122 valence electrons. The lowest BCUT2D eigenvalue weighted by Crippen LogP contribution is -2.55. The van der Waals surface area contributed by atoms with Crippen molar-refractivity contribution in [3.63, 3.8) is 0 Å². The molecule has 2 aliphatic heterocycles. The third-order valence-corrected chi connectivity index (χ3v) is 4.91. The first-order chi connectivity index (χ1) is 10.7. The van der Waals surface area contributed by atoms with Crippen LogP contribution in [-0.4, -0.2) is 48.1 Å². The summed E-state index contributed by atoms with van der Waals surface area (Å²) in [6, 6.07) is 8.34. The molecule has 2 heterocycles. The maximum atomic E-state index is 12.2. The van der Waals surface area contributed by atoms with Crippen LogP contribution in [0.2, 0.25) is 0 Å². The fourth-order valence-corrected chi connectivity index (χ4v) is 3.74. The Labute approximate surface area is 130 Å². The molecule has 3 rings (SSSR count). The van der Waals surface area contributed by atoms with Crippen LogP contribution in [-0.2, 0) is 6.54 Å². The van der Waals surface area contributed by atoms with Gasteiger partial charge in [0.1, 0.15) is 5.75 Å². The van der Waals surface area contributed by atoms with Crippen molar-refractivity contribution in [1.29, 1.82) is 0 Å². The molecule has 0 N–H and O–H groups in total. The minimum Gasteiger partial charge on any atom is -0.435 e. The zero-order chi connectivity index (χ0) is 15.5. The zero-order valence-corrected chi connectivity index (χ0v) is 13.0. The van der Waals surface area contributed by atoms with E-state index in [-0.39, 0.29) is 5.75 Å². The number of piperazine rings is 1. The van der Waals surface area contributed by atoms with Crippen molar-refractivity contribution in [3.05, 3.63) is 29.8 Å². The number of alkyl halides is 2. The first-order valence-corrected chi connectivity index (χ1v) is 8.17. The predicted molar refractivity (Wildman–Crippen MR) is 82.2 cm³/mol. The predicted octanol–water partition coefficient (Wildman–Crippen LogP) is 3.35. The lowest BCUT2D eigenvalue weighted by molar-refractivity contribution is -0.0498. The first kappa shape index (κ1) is 15.7. The highest BCUT2D eigenvalue weighted by molar-refractivity contribution is 5.27. The Hall–Kier alpha value is -1.20. The van der Waals surface area contributed by atoms with Crippen LogP contribution in [0.15, 0.2) is 24.3 Å². The second kappa shape index (κ2) is 6.92. The van der Waals surface area contributed by atoms with E-state index in [1.807, 2.05) is 12.1 Å². The summed E-state index contributed by atoms with van der Waals surface area (Å²) in [6.07, 6.45) is 3.76. The zero-order valence-electron chi connectivity index (χ0n) is 13.0. The molecule has 0 unspecified atom stereocenters. The van der Waals surface area contributed by atoms with E-state index in [1.54, 1.807) is 12.1 Å². The number of nitrogens with zero attached hydrogens (tertiary/aromatic N) is 2. The Kier molecular flexibility index (Phi) is 4.93. The summed E-state index contributed by atoms with van der Waals surface area (Å²) < 4.78 is 28.8. The van der Waals surface area contributed by atoms with Gasteiger partial charge in [0.15, 0.2) is 0 Å². The molecule has 5 heteroatoms. The molecule has 0 aromatic heterocycles. The van der Waals surface area contributed by atoms with Crippen LogP contribution in [0.4, 0.5) is 8.78 Å². The van der Waals surface area contributed by atoms with Crippen molar-refractivity contribution >= 4 is 0 Å². The van der Waals surface area contributed by atoms with E-state index in [9.17, 15) is 8.78 Å². The van der Waals surface area contributed by atoms with Crippen molar-refractivity contribution in [2.24, 2.45) is 0 Å². The van der Waals surface area contributed by atoms with Crippen LogP contribution in [0.3, 0.4) is 0 Å². The molecule has 3 nitrogen and oxygen atoms in total. The van der Waals surface area contributed by atoms with E-state index < -0.39 is 6.61 Å². The number of hydrogen-bond acceptors (Lipinski definition) is 3.